The number of carbonyl (C=O) groups is 2. The Morgan fingerprint density at radius 3 is 2.72 bits per heavy atom. The summed E-state index contributed by atoms with van der Waals surface area (Å²) in [5.74, 6) is 0.537. The molecule has 0 radical (unpaired) electrons. The van der Waals surface area contributed by atoms with Gasteiger partial charge in [0.25, 0.3) is 0 Å². The number of rotatable bonds is 6. The van der Waals surface area contributed by atoms with E-state index in [1.54, 1.807) is 43.4 Å². The van der Waals surface area contributed by atoms with E-state index in [1.165, 1.54) is 23.0 Å². The van der Waals surface area contributed by atoms with E-state index in [-0.39, 0.29) is 31.4 Å². The molecule has 0 aliphatic carbocycles. The van der Waals surface area contributed by atoms with Gasteiger partial charge in [-0.05, 0) is 30.3 Å². The molecule has 0 aliphatic rings. The highest BCUT2D eigenvalue weighted by Crippen LogP contribution is 2.19. The molecule has 0 atom stereocenters. The molecule has 130 valence electrons. The van der Waals surface area contributed by atoms with Gasteiger partial charge in [-0.1, -0.05) is 6.07 Å². The standard InChI is InChI=1S/C18H20N4O3/c1-14(23)21(2)16-7-3-6-15(12-16)20-18(24)22(10-5-9-19)13-17-8-4-11-25-17/h3-4,6-8,11-12H,5,10,13H2,1-2H3,(H,20,24). The quantitative estimate of drug-likeness (QED) is 0.874. The lowest BCUT2D eigenvalue weighted by Crippen LogP contribution is -2.35. The number of furan rings is 1. The fraction of sp³-hybridized carbons (Fsp3) is 0.278. The van der Waals surface area contributed by atoms with E-state index in [4.69, 9.17) is 9.68 Å². The summed E-state index contributed by atoms with van der Waals surface area (Å²) in [7, 11) is 1.67. The highest BCUT2D eigenvalue weighted by molar-refractivity contribution is 5.93. The van der Waals surface area contributed by atoms with Crippen LogP contribution in [0.4, 0.5) is 16.2 Å². The first-order valence-corrected chi connectivity index (χ1v) is 7.81. The monoisotopic (exact) mass is 340 g/mol. The number of hydrogen-bond acceptors (Lipinski definition) is 4. The maximum atomic E-state index is 12.5. The molecular weight excluding hydrogens is 320 g/mol. The summed E-state index contributed by atoms with van der Waals surface area (Å²) in [5, 5.41) is 11.6. The first-order valence-electron chi connectivity index (χ1n) is 7.81. The number of carbonyl (C=O) groups excluding carboxylic acids is 2. The summed E-state index contributed by atoms with van der Waals surface area (Å²) >= 11 is 0. The molecule has 1 heterocycles. The zero-order valence-corrected chi connectivity index (χ0v) is 14.2. The summed E-state index contributed by atoms with van der Waals surface area (Å²) in [6, 6.07) is 12.2. The zero-order chi connectivity index (χ0) is 18.2. The third kappa shape index (κ3) is 5.11. The van der Waals surface area contributed by atoms with Crippen LogP contribution in [0.25, 0.3) is 0 Å². The van der Waals surface area contributed by atoms with Gasteiger partial charge >= 0.3 is 6.03 Å². The van der Waals surface area contributed by atoms with E-state index >= 15 is 0 Å². The molecule has 0 saturated heterocycles. The number of anilines is 2. The Balaban J connectivity index is 2.10. The van der Waals surface area contributed by atoms with Crippen LogP contribution in [0.2, 0.25) is 0 Å². The summed E-state index contributed by atoms with van der Waals surface area (Å²) in [5.41, 5.74) is 1.25. The molecular formula is C18H20N4O3. The van der Waals surface area contributed by atoms with Crippen LogP contribution in [-0.4, -0.2) is 30.4 Å². The first-order chi connectivity index (χ1) is 12.0. The summed E-state index contributed by atoms with van der Waals surface area (Å²) in [6.07, 6.45) is 1.76. The van der Waals surface area contributed by atoms with Crippen LogP contribution in [0.5, 0.6) is 0 Å². The summed E-state index contributed by atoms with van der Waals surface area (Å²) in [4.78, 5) is 27.0. The van der Waals surface area contributed by atoms with E-state index in [2.05, 4.69) is 5.32 Å². The molecule has 0 unspecified atom stereocenters. The first kappa shape index (κ1) is 18.1. The Hall–Kier alpha value is -3.27. The van der Waals surface area contributed by atoms with Crippen molar-refractivity contribution in [1.29, 1.82) is 5.26 Å². The molecule has 1 aromatic heterocycles. The second-order valence-electron chi connectivity index (χ2n) is 5.47. The topological polar surface area (TPSA) is 89.6 Å². The maximum absolute atomic E-state index is 12.5. The van der Waals surface area contributed by atoms with Crippen LogP contribution < -0.4 is 10.2 Å². The highest BCUT2D eigenvalue weighted by Gasteiger charge is 2.16. The minimum atomic E-state index is -0.339. The van der Waals surface area contributed by atoms with Gasteiger partial charge < -0.3 is 19.5 Å². The van der Waals surface area contributed by atoms with Crippen LogP contribution in [0.15, 0.2) is 47.1 Å². The number of benzene rings is 1. The van der Waals surface area contributed by atoms with Gasteiger partial charge in [0.2, 0.25) is 5.91 Å². The highest BCUT2D eigenvalue weighted by atomic mass is 16.3. The van der Waals surface area contributed by atoms with Gasteiger partial charge in [-0.25, -0.2) is 4.79 Å². The number of amides is 3. The Morgan fingerprint density at radius 2 is 2.08 bits per heavy atom. The molecule has 7 nitrogen and oxygen atoms in total. The van der Waals surface area contributed by atoms with Crippen molar-refractivity contribution < 1.29 is 14.0 Å². The van der Waals surface area contributed by atoms with Crippen molar-refractivity contribution in [3.8, 4) is 6.07 Å². The van der Waals surface area contributed by atoms with E-state index in [0.29, 0.717) is 17.1 Å². The van der Waals surface area contributed by atoms with Gasteiger partial charge in [-0.3, -0.25) is 4.79 Å². The Labute approximate surface area is 146 Å². The van der Waals surface area contributed by atoms with Crippen molar-refractivity contribution in [2.45, 2.75) is 19.9 Å². The minimum Gasteiger partial charge on any atom is -0.467 e. The van der Waals surface area contributed by atoms with Crippen LogP contribution in [0.1, 0.15) is 19.1 Å². The van der Waals surface area contributed by atoms with E-state index < -0.39 is 0 Å². The van der Waals surface area contributed by atoms with Crippen molar-refractivity contribution in [2.75, 3.05) is 23.8 Å². The Morgan fingerprint density at radius 1 is 1.28 bits per heavy atom. The number of nitrogens with zero attached hydrogens (tertiary/aromatic N) is 3. The Kier molecular flexibility index (Phi) is 6.18. The lowest BCUT2D eigenvalue weighted by atomic mass is 10.2. The summed E-state index contributed by atoms with van der Waals surface area (Å²) < 4.78 is 5.27. The molecule has 0 spiro atoms. The van der Waals surface area contributed by atoms with Gasteiger partial charge in [0.05, 0.1) is 25.3 Å². The number of hydrogen-bond donors (Lipinski definition) is 1. The van der Waals surface area contributed by atoms with E-state index in [9.17, 15) is 9.59 Å². The van der Waals surface area contributed by atoms with Crippen molar-refractivity contribution in [2.24, 2.45) is 0 Å². The number of nitrogens with one attached hydrogen (secondary N) is 1. The molecule has 2 aromatic rings. The molecule has 25 heavy (non-hydrogen) atoms. The van der Waals surface area contributed by atoms with Crippen LogP contribution >= 0.6 is 0 Å². The molecule has 0 fully saturated rings. The van der Waals surface area contributed by atoms with E-state index in [0.717, 1.165) is 0 Å². The van der Waals surface area contributed by atoms with E-state index in [1.807, 2.05) is 6.07 Å². The lowest BCUT2D eigenvalue weighted by Gasteiger charge is -2.22. The van der Waals surface area contributed by atoms with Gasteiger partial charge in [0.15, 0.2) is 0 Å². The van der Waals surface area contributed by atoms with Crippen LogP contribution in [0.3, 0.4) is 0 Å². The smallest absolute Gasteiger partial charge is 0.322 e. The molecule has 1 aromatic carbocycles. The SMILES string of the molecule is CC(=O)N(C)c1cccc(NC(=O)N(CCC#N)Cc2ccco2)c1. The predicted molar refractivity (Wildman–Crippen MR) is 93.9 cm³/mol. The van der Waals surface area contributed by atoms with Gasteiger partial charge in [0, 0.05) is 31.9 Å². The summed E-state index contributed by atoms with van der Waals surface area (Å²) in [6.45, 7) is 2.03. The van der Waals surface area contributed by atoms with Crippen LogP contribution in [-0.2, 0) is 11.3 Å². The normalized spacial score (nSPS) is 9.96. The fourth-order valence-electron chi connectivity index (χ4n) is 2.20. The lowest BCUT2D eigenvalue weighted by molar-refractivity contribution is -0.116. The van der Waals surface area contributed by atoms with Crippen molar-refractivity contribution in [3.63, 3.8) is 0 Å². The molecule has 2 rings (SSSR count). The fourth-order valence-corrected chi connectivity index (χ4v) is 2.20. The van der Waals surface area contributed by atoms with Crippen LogP contribution in [0, 0.1) is 11.3 Å². The molecule has 7 heteroatoms. The average molecular weight is 340 g/mol. The predicted octanol–water partition coefficient (Wildman–Crippen LogP) is 3.21. The maximum Gasteiger partial charge on any atom is 0.322 e. The Bertz CT molecular complexity index is 765. The molecule has 0 aliphatic heterocycles. The van der Waals surface area contributed by atoms with Gasteiger partial charge in [0.1, 0.15) is 5.76 Å². The molecule has 0 bridgehead atoms. The number of nitriles is 1. The van der Waals surface area contributed by atoms with Gasteiger partial charge in [-0.15, -0.1) is 0 Å². The second-order valence-corrected chi connectivity index (χ2v) is 5.47. The third-order valence-electron chi connectivity index (χ3n) is 3.66. The molecule has 1 N–H and O–H groups in total. The average Bonchev–Trinajstić information content (AvgIpc) is 3.11. The third-order valence-corrected chi connectivity index (χ3v) is 3.66. The zero-order valence-electron chi connectivity index (χ0n) is 14.2. The van der Waals surface area contributed by atoms with Crippen molar-refractivity contribution in [1.82, 2.24) is 4.90 Å². The largest absolute Gasteiger partial charge is 0.467 e. The van der Waals surface area contributed by atoms with Crippen molar-refractivity contribution >= 4 is 23.3 Å². The molecule has 0 saturated carbocycles. The second kappa shape index (κ2) is 8.55. The number of urea groups is 1. The van der Waals surface area contributed by atoms with Crippen molar-refractivity contribution in [3.05, 3.63) is 48.4 Å². The molecule has 3 amide bonds. The van der Waals surface area contributed by atoms with Gasteiger partial charge in [-0.2, -0.15) is 5.26 Å². The minimum absolute atomic E-state index is 0.100.